The van der Waals surface area contributed by atoms with E-state index in [0.717, 1.165) is 17.7 Å². The van der Waals surface area contributed by atoms with Crippen molar-refractivity contribution >= 4 is 23.2 Å². The Hall–Kier alpha value is -3.41. The molecular weight excluding hydrogens is 330 g/mol. The van der Waals surface area contributed by atoms with E-state index in [0.29, 0.717) is 30.0 Å². The third kappa shape index (κ3) is 3.09. The molecule has 0 saturated carbocycles. The van der Waals surface area contributed by atoms with Crippen molar-refractivity contribution in [3.8, 4) is 11.3 Å². The van der Waals surface area contributed by atoms with E-state index < -0.39 is 0 Å². The Kier molecular flexibility index (Phi) is 4.23. The number of carbonyl (C=O) groups excluding carboxylic acids is 2. The van der Waals surface area contributed by atoms with Gasteiger partial charge < -0.3 is 14.6 Å². The molecule has 3 aromatic rings. The average molecular weight is 347 g/mol. The molecule has 0 bridgehead atoms. The number of carbonyl (C=O) groups is 2. The highest BCUT2D eigenvalue weighted by atomic mass is 16.3. The predicted octanol–water partition coefficient (Wildman–Crippen LogP) is 3.72. The number of hydrogen-bond acceptors (Lipinski definition) is 4. The molecule has 4 rings (SSSR count). The van der Waals surface area contributed by atoms with Crippen LogP contribution in [-0.4, -0.2) is 23.3 Å². The maximum atomic E-state index is 12.6. The molecular formula is C20H17N3O3. The van der Waals surface area contributed by atoms with Gasteiger partial charge in [-0.3, -0.25) is 9.59 Å². The molecule has 0 unspecified atom stereocenters. The first-order chi connectivity index (χ1) is 12.7. The summed E-state index contributed by atoms with van der Waals surface area (Å²) in [6.45, 7) is 0.678. The van der Waals surface area contributed by atoms with Crippen LogP contribution in [0.2, 0.25) is 0 Å². The number of hydrogen-bond donors (Lipinski definition) is 1. The van der Waals surface area contributed by atoms with Crippen LogP contribution in [-0.2, 0) is 4.79 Å². The van der Waals surface area contributed by atoms with Gasteiger partial charge in [-0.15, -0.1) is 0 Å². The van der Waals surface area contributed by atoms with Gasteiger partial charge in [0, 0.05) is 24.1 Å². The monoisotopic (exact) mass is 347 g/mol. The zero-order valence-electron chi connectivity index (χ0n) is 14.0. The van der Waals surface area contributed by atoms with Gasteiger partial charge in [-0.05, 0) is 30.7 Å². The van der Waals surface area contributed by atoms with Crippen LogP contribution < -0.4 is 10.2 Å². The number of amides is 2. The summed E-state index contributed by atoms with van der Waals surface area (Å²) < 4.78 is 5.25. The van der Waals surface area contributed by atoms with Gasteiger partial charge >= 0.3 is 0 Å². The van der Waals surface area contributed by atoms with Crippen molar-refractivity contribution in [3.05, 3.63) is 66.7 Å². The molecule has 26 heavy (non-hydrogen) atoms. The first kappa shape index (κ1) is 16.1. The van der Waals surface area contributed by atoms with Crippen LogP contribution in [0.15, 0.2) is 65.5 Å². The molecule has 1 aliphatic heterocycles. The minimum absolute atomic E-state index is 0.0862. The zero-order chi connectivity index (χ0) is 17.9. The van der Waals surface area contributed by atoms with Crippen LogP contribution in [0.5, 0.6) is 0 Å². The molecule has 1 fully saturated rings. The molecule has 1 aromatic heterocycles. The third-order valence-corrected chi connectivity index (χ3v) is 4.38. The van der Waals surface area contributed by atoms with E-state index in [2.05, 4.69) is 10.3 Å². The van der Waals surface area contributed by atoms with Crippen molar-refractivity contribution in [2.45, 2.75) is 12.8 Å². The second kappa shape index (κ2) is 6.84. The minimum Gasteiger partial charge on any atom is -0.444 e. The summed E-state index contributed by atoms with van der Waals surface area (Å²) in [5.41, 5.74) is 2.74. The molecule has 2 heterocycles. The van der Waals surface area contributed by atoms with Gasteiger partial charge in [-0.1, -0.05) is 24.3 Å². The zero-order valence-corrected chi connectivity index (χ0v) is 14.0. The van der Waals surface area contributed by atoms with Crippen LogP contribution in [0.4, 0.5) is 11.4 Å². The Morgan fingerprint density at radius 3 is 2.62 bits per heavy atom. The lowest BCUT2D eigenvalue weighted by molar-refractivity contribution is -0.117. The summed E-state index contributed by atoms with van der Waals surface area (Å²) in [6, 6.07) is 14.5. The van der Waals surface area contributed by atoms with E-state index in [-0.39, 0.29) is 11.8 Å². The molecule has 0 aliphatic carbocycles. The first-order valence-electron chi connectivity index (χ1n) is 8.42. The van der Waals surface area contributed by atoms with Crippen molar-refractivity contribution in [3.63, 3.8) is 0 Å². The van der Waals surface area contributed by atoms with Gasteiger partial charge in [-0.2, -0.15) is 0 Å². The maximum absolute atomic E-state index is 12.6. The van der Waals surface area contributed by atoms with Crippen LogP contribution in [0.1, 0.15) is 23.2 Å². The normalized spacial score (nSPS) is 13.8. The molecule has 6 nitrogen and oxygen atoms in total. The fourth-order valence-corrected chi connectivity index (χ4v) is 3.06. The van der Waals surface area contributed by atoms with Crippen LogP contribution in [0, 0.1) is 0 Å². The van der Waals surface area contributed by atoms with Crippen molar-refractivity contribution in [2.75, 3.05) is 16.8 Å². The topological polar surface area (TPSA) is 75.4 Å². The summed E-state index contributed by atoms with van der Waals surface area (Å²) in [4.78, 5) is 30.3. The molecule has 0 radical (unpaired) electrons. The number of rotatable bonds is 4. The predicted molar refractivity (Wildman–Crippen MR) is 97.9 cm³/mol. The van der Waals surface area contributed by atoms with E-state index in [1.807, 2.05) is 36.4 Å². The van der Waals surface area contributed by atoms with E-state index in [1.54, 1.807) is 23.2 Å². The lowest BCUT2D eigenvalue weighted by atomic mass is 10.1. The largest absolute Gasteiger partial charge is 0.444 e. The smallest absolute Gasteiger partial charge is 0.255 e. The van der Waals surface area contributed by atoms with Crippen LogP contribution in [0.25, 0.3) is 11.3 Å². The molecule has 1 aliphatic rings. The molecule has 2 aromatic carbocycles. The van der Waals surface area contributed by atoms with Crippen molar-refractivity contribution < 1.29 is 14.0 Å². The highest BCUT2D eigenvalue weighted by Gasteiger charge is 2.24. The van der Waals surface area contributed by atoms with Crippen molar-refractivity contribution in [1.82, 2.24) is 4.98 Å². The third-order valence-electron chi connectivity index (χ3n) is 4.38. The molecule has 1 N–H and O–H groups in total. The second-order valence-electron chi connectivity index (χ2n) is 6.06. The number of anilines is 2. The number of para-hydroxylation sites is 2. The minimum atomic E-state index is -0.229. The summed E-state index contributed by atoms with van der Waals surface area (Å²) in [6.07, 6.45) is 4.38. The van der Waals surface area contributed by atoms with E-state index >= 15 is 0 Å². The van der Waals surface area contributed by atoms with Gasteiger partial charge in [0.05, 0.1) is 17.6 Å². The molecule has 2 amide bonds. The summed E-state index contributed by atoms with van der Waals surface area (Å²) >= 11 is 0. The van der Waals surface area contributed by atoms with Gasteiger partial charge in [-0.25, -0.2) is 4.98 Å². The second-order valence-corrected chi connectivity index (χ2v) is 6.06. The maximum Gasteiger partial charge on any atom is 0.255 e. The Balaban J connectivity index is 1.54. The fraction of sp³-hybridized carbons (Fsp3) is 0.150. The summed E-state index contributed by atoms with van der Waals surface area (Å²) in [5, 5.41) is 2.91. The van der Waals surface area contributed by atoms with Crippen LogP contribution in [0.3, 0.4) is 0 Å². The van der Waals surface area contributed by atoms with Gasteiger partial charge in [0.1, 0.15) is 0 Å². The Morgan fingerprint density at radius 1 is 1.12 bits per heavy atom. The first-order valence-corrected chi connectivity index (χ1v) is 8.42. The van der Waals surface area contributed by atoms with Gasteiger partial charge in [0.2, 0.25) is 5.91 Å². The number of oxazole rings is 1. The highest BCUT2D eigenvalue weighted by molar-refractivity contribution is 6.08. The number of benzene rings is 2. The summed E-state index contributed by atoms with van der Waals surface area (Å²) in [5.74, 6) is 0.506. The SMILES string of the molecule is O=C(Nc1ccccc1N1CCCC1=O)c1ccc(-c2cnco2)cc1. The Morgan fingerprint density at radius 2 is 1.92 bits per heavy atom. The fourth-order valence-electron chi connectivity index (χ4n) is 3.06. The molecule has 6 heteroatoms. The molecule has 0 atom stereocenters. The lowest BCUT2D eigenvalue weighted by Gasteiger charge is -2.20. The molecule has 0 spiro atoms. The highest BCUT2D eigenvalue weighted by Crippen LogP contribution is 2.29. The lowest BCUT2D eigenvalue weighted by Crippen LogP contribution is -2.25. The molecule has 1 saturated heterocycles. The van der Waals surface area contributed by atoms with Gasteiger partial charge in [0.15, 0.2) is 12.2 Å². The number of nitrogens with zero attached hydrogens (tertiary/aromatic N) is 2. The summed E-state index contributed by atoms with van der Waals surface area (Å²) in [7, 11) is 0. The van der Waals surface area contributed by atoms with Gasteiger partial charge in [0.25, 0.3) is 5.91 Å². The standard InChI is InChI=1S/C20H17N3O3/c24-19-6-3-11-23(19)17-5-2-1-4-16(17)22-20(25)15-9-7-14(8-10-15)18-12-21-13-26-18/h1-2,4-5,7-10,12-13H,3,6,11H2,(H,22,25). The van der Waals surface area contributed by atoms with Crippen LogP contribution >= 0.6 is 0 Å². The van der Waals surface area contributed by atoms with E-state index in [4.69, 9.17) is 4.42 Å². The Bertz CT molecular complexity index is 933. The van der Waals surface area contributed by atoms with E-state index in [1.165, 1.54) is 6.39 Å². The average Bonchev–Trinajstić information content (AvgIpc) is 3.34. The quantitative estimate of drug-likeness (QED) is 0.780. The number of nitrogens with one attached hydrogen (secondary N) is 1. The molecule has 130 valence electrons. The number of aromatic nitrogens is 1. The van der Waals surface area contributed by atoms with Crippen molar-refractivity contribution in [1.29, 1.82) is 0 Å². The Labute approximate surface area is 150 Å². The van der Waals surface area contributed by atoms with Crippen molar-refractivity contribution in [2.24, 2.45) is 0 Å². The van der Waals surface area contributed by atoms with E-state index in [9.17, 15) is 9.59 Å².